The van der Waals surface area contributed by atoms with Crippen molar-refractivity contribution in [2.24, 2.45) is 5.92 Å². The zero-order chi connectivity index (χ0) is 14.3. The van der Waals surface area contributed by atoms with Crippen molar-refractivity contribution < 1.29 is 14.3 Å². The molecule has 2 heterocycles. The lowest BCUT2D eigenvalue weighted by Gasteiger charge is -2.46. The van der Waals surface area contributed by atoms with Gasteiger partial charge >= 0.3 is 0 Å². The third-order valence-electron chi connectivity index (χ3n) is 5.07. The number of hydrogen-bond acceptors (Lipinski definition) is 4. The number of benzene rings is 1. The molecule has 1 N–H and O–H groups in total. The number of fused-ring (bicyclic) bond motifs is 1. The van der Waals surface area contributed by atoms with Gasteiger partial charge in [0.2, 0.25) is 0 Å². The van der Waals surface area contributed by atoms with Crippen LogP contribution < -0.4 is 10.1 Å². The van der Waals surface area contributed by atoms with Gasteiger partial charge in [0.25, 0.3) is 0 Å². The summed E-state index contributed by atoms with van der Waals surface area (Å²) in [5.74, 6) is 1.05. The van der Waals surface area contributed by atoms with E-state index in [1.54, 1.807) is 0 Å². The van der Waals surface area contributed by atoms with Crippen LogP contribution in [-0.2, 0) is 4.74 Å². The molecule has 3 aliphatic rings. The summed E-state index contributed by atoms with van der Waals surface area (Å²) >= 11 is 0. The van der Waals surface area contributed by atoms with Gasteiger partial charge < -0.3 is 14.8 Å². The van der Waals surface area contributed by atoms with Crippen molar-refractivity contribution in [3.05, 3.63) is 23.8 Å². The highest BCUT2D eigenvalue weighted by atomic mass is 16.5. The monoisotopic (exact) mass is 287 g/mol. The molecule has 1 aromatic carbocycles. The average molecular weight is 287 g/mol. The maximum Gasteiger partial charge on any atom is 0.169 e. The topological polar surface area (TPSA) is 47.6 Å². The summed E-state index contributed by atoms with van der Waals surface area (Å²) in [4.78, 5) is 12.9. The Kier molecular flexibility index (Phi) is 3.14. The largest absolute Gasteiger partial charge is 0.489 e. The van der Waals surface area contributed by atoms with Crippen LogP contribution in [0.25, 0.3) is 0 Å². The Bertz CT molecular complexity index is 565. The van der Waals surface area contributed by atoms with E-state index in [-0.39, 0.29) is 17.3 Å². The maximum absolute atomic E-state index is 12.9. The van der Waals surface area contributed by atoms with Gasteiger partial charge in [0.05, 0.1) is 16.9 Å². The van der Waals surface area contributed by atoms with Crippen molar-refractivity contribution >= 4 is 11.5 Å². The molecule has 4 heteroatoms. The molecular weight excluding hydrogens is 266 g/mol. The molecule has 1 spiro atoms. The molecule has 1 saturated carbocycles. The standard InChI is InChI=1S/C17H21NO3/c19-15(12-5-9-21-17(11-12)6-2-7-17)13-3-1-4-14-16(13)20-10-8-18-14/h1,3-4,12,18H,2,5-11H2. The molecule has 1 aromatic rings. The van der Waals surface area contributed by atoms with E-state index < -0.39 is 0 Å². The van der Waals surface area contributed by atoms with Crippen molar-refractivity contribution in [1.29, 1.82) is 0 Å². The lowest BCUT2D eigenvalue weighted by atomic mass is 9.70. The first-order valence-electron chi connectivity index (χ1n) is 7.95. The van der Waals surface area contributed by atoms with E-state index in [2.05, 4.69) is 5.32 Å². The average Bonchev–Trinajstić information content (AvgIpc) is 2.52. The lowest BCUT2D eigenvalue weighted by Crippen LogP contribution is -2.47. The Hall–Kier alpha value is -1.55. The zero-order valence-electron chi connectivity index (χ0n) is 12.2. The number of carbonyl (C=O) groups excluding carboxylic acids is 1. The summed E-state index contributed by atoms with van der Waals surface area (Å²) in [6, 6.07) is 5.81. The van der Waals surface area contributed by atoms with Crippen molar-refractivity contribution in [2.75, 3.05) is 25.1 Å². The van der Waals surface area contributed by atoms with E-state index in [0.717, 1.165) is 49.2 Å². The first-order valence-corrected chi connectivity index (χ1v) is 7.95. The second-order valence-corrected chi connectivity index (χ2v) is 6.40. The van der Waals surface area contributed by atoms with Crippen LogP contribution in [0.5, 0.6) is 5.75 Å². The van der Waals surface area contributed by atoms with Crippen molar-refractivity contribution in [3.8, 4) is 5.75 Å². The minimum absolute atomic E-state index is 0.00647. The van der Waals surface area contributed by atoms with Gasteiger partial charge in [0.1, 0.15) is 6.61 Å². The summed E-state index contributed by atoms with van der Waals surface area (Å²) in [6.07, 6.45) is 5.17. The SMILES string of the molecule is O=C(c1cccc2c1OCCN2)C1CCOC2(CCC2)C1. The van der Waals surface area contributed by atoms with E-state index in [4.69, 9.17) is 9.47 Å². The summed E-state index contributed by atoms with van der Waals surface area (Å²) in [5, 5.41) is 3.30. The normalized spacial score (nSPS) is 26.2. The van der Waals surface area contributed by atoms with E-state index >= 15 is 0 Å². The molecule has 0 radical (unpaired) electrons. The van der Waals surface area contributed by atoms with Crippen molar-refractivity contribution in [3.63, 3.8) is 0 Å². The predicted molar refractivity (Wildman–Crippen MR) is 80.0 cm³/mol. The molecule has 1 saturated heterocycles. The molecular formula is C17H21NO3. The Morgan fingerprint density at radius 1 is 1.29 bits per heavy atom. The number of nitrogens with one attached hydrogen (secondary N) is 1. The van der Waals surface area contributed by atoms with Gasteiger partial charge in [-0.25, -0.2) is 0 Å². The molecule has 21 heavy (non-hydrogen) atoms. The Morgan fingerprint density at radius 3 is 3.00 bits per heavy atom. The fraction of sp³-hybridized carbons (Fsp3) is 0.588. The number of para-hydroxylation sites is 1. The number of rotatable bonds is 2. The summed E-state index contributed by atoms with van der Waals surface area (Å²) in [5.41, 5.74) is 1.69. The van der Waals surface area contributed by atoms with Crippen LogP contribution in [0, 0.1) is 5.92 Å². The van der Waals surface area contributed by atoms with Crippen molar-refractivity contribution in [1.82, 2.24) is 0 Å². The zero-order valence-corrected chi connectivity index (χ0v) is 12.2. The second-order valence-electron chi connectivity index (χ2n) is 6.40. The molecule has 0 aromatic heterocycles. The van der Waals surface area contributed by atoms with Gasteiger partial charge in [-0.1, -0.05) is 6.07 Å². The van der Waals surface area contributed by atoms with Crippen LogP contribution in [0.2, 0.25) is 0 Å². The van der Waals surface area contributed by atoms with Crippen LogP contribution in [0.3, 0.4) is 0 Å². The van der Waals surface area contributed by atoms with Crippen LogP contribution >= 0.6 is 0 Å². The van der Waals surface area contributed by atoms with Gasteiger partial charge in [0.15, 0.2) is 11.5 Å². The van der Waals surface area contributed by atoms with E-state index in [1.165, 1.54) is 6.42 Å². The Morgan fingerprint density at radius 2 is 2.19 bits per heavy atom. The molecule has 1 atom stereocenters. The summed E-state index contributed by atoms with van der Waals surface area (Å²) < 4.78 is 11.7. The minimum Gasteiger partial charge on any atom is -0.489 e. The van der Waals surface area contributed by atoms with Crippen LogP contribution in [0.1, 0.15) is 42.5 Å². The molecule has 4 nitrogen and oxygen atoms in total. The number of hydrogen-bond donors (Lipinski definition) is 1. The first-order chi connectivity index (χ1) is 10.3. The molecule has 0 bridgehead atoms. The highest BCUT2D eigenvalue weighted by molar-refractivity contribution is 6.02. The number of ether oxygens (including phenoxy) is 2. The Labute approximate surface area is 124 Å². The molecule has 0 amide bonds. The first kappa shape index (κ1) is 13.1. The van der Waals surface area contributed by atoms with Crippen LogP contribution in [-0.4, -0.2) is 31.1 Å². The molecule has 4 rings (SSSR count). The van der Waals surface area contributed by atoms with E-state index in [0.29, 0.717) is 13.2 Å². The van der Waals surface area contributed by atoms with Crippen LogP contribution in [0.4, 0.5) is 5.69 Å². The fourth-order valence-corrected chi connectivity index (χ4v) is 3.76. The molecule has 1 aliphatic carbocycles. The number of anilines is 1. The molecule has 2 fully saturated rings. The van der Waals surface area contributed by atoms with Crippen molar-refractivity contribution in [2.45, 2.75) is 37.7 Å². The smallest absolute Gasteiger partial charge is 0.169 e. The van der Waals surface area contributed by atoms with Gasteiger partial charge in [-0.2, -0.15) is 0 Å². The van der Waals surface area contributed by atoms with Gasteiger partial charge in [-0.15, -0.1) is 0 Å². The summed E-state index contributed by atoms with van der Waals surface area (Å²) in [7, 11) is 0. The number of carbonyl (C=O) groups is 1. The van der Waals surface area contributed by atoms with Gasteiger partial charge in [0, 0.05) is 19.1 Å². The number of ketones is 1. The maximum atomic E-state index is 12.9. The second kappa shape index (κ2) is 5.02. The molecule has 2 aliphatic heterocycles. The third-order valence-corrected chi connectivity index (χ3v) is 5.07. The molecule has 112 valence electrons. The van der Waals surface area contributed by atoms with Gasteiger partial charge in [-0.3, -0.25) is 4.79 Å². The lowest BCUT2D eigenvalue weighted by molar-refractivity contribution is -0.137. The van der Waals surface area contributed by atoms with E-state index in [1.807, 2.05) is 18.2 Å². The minimum atomic E-state index is 0.00647. The highest BCUT2D eigenvalue weighted by Gasteiger charge is 2.44. The quantitative estimate of drug-likeness (QED) is 0.849. The van der Waals surface area contributed by atoms with E-state index in [9.17, 15) is 4.79 Å². The summed E-state index contributed by atoms with van der Waals surface area (Å²) in [6.45, 7) is 2.13. The molecule has 1 unspecified atom stereocenters. The van der Waals surface area contributed by atoms with Gasteiger partial charge in [-0.05, 0) is 44.2 Å². The fourth-order valence-electron chi connectivity index (χ4n) is 3.76. The van der Waals surface area contributed by atoms with Crippen LogP contribution in [0.15, 0.2) is 18.2 Å². The highest BCUT2D eigenvalue weighted by Crippen LogP contribution is 2.45. The third kappa shape index (κ3) is 2.22. The Balaban J connectivity index is 1.60. The number of Topliss-reactive ketones (excluding diaryl/α,β-unsaturated/α-hetero) is 1. The predicted octanol–water partition coefficient (Wildman–Crippen LogP) is 3.02.